The molecule has 5 rings (SSSR count). The number of hydrogen-bond donors (Lipinski definition) is 2. The Morgan fingerprint density at radius 1 is 1.15 bits per heavy atom. The van der Waals surface area contributed by atoms with Crippen molar-refractivity contribution in [2.45, 2.75) is 19.1 Å². The number of aromatic nitrogens is 6. The molecule has 11 heteroatoms. The third-order valence-electron chi connectivity index (χ3n) is 5.46. The van der Waals surface area contributed by atoms with Crippen LogP contribution in [-0.2, 0) is 7.05 Å². The number of carbonyl (C=O) groups excluding carboxylic acids is 1. The number of aromatic amines is 1. The van der Waals surface area contributed by atoms with E-state index in [4.69, 9.17) is 0 Å². The van der Waals surface area contributed by atoms with Crippen LogP contribution in [0.3, 0.4) is 0 Å². The predicted octanol–water partition coefficient (Wildman–Crippen LogP) is 3.96. The van der Waals surface area contributed by atoms with Crippen molar-refractivity contribution in [1.29, 1.82) is 0 Å². The summed E-state index contributed by atoms with van der Waals surface area (Å²) in [7, 11) is 1.83. The van der Waals surface area contributed by atoms with Crippen molar-refractivity contribution < 1.29 is 18.0 Å². The van der Waals surface area contributed by atoms with Crippen LogP contribution < -0.4 is 5.32 Å². The van der Waals surface area contributed by atoms with Crippen molar-refractivity contribution in [1.82, 2.24) is 34.7 Å². The molecule has 8 nitrogen and oxygen atoms in total. The van der Waals surface area contributed by atoms with Crippen molar-refractivity contribution in [3.63, 3.8) is 0 Å². The van der Waals surface area contributed by atoms with Gasteiger partial charge < -0.3 is 10.3 Å². The van der Waals surface area contributed by atoms with Crippen LogP contribution in [0.2, 0.25) is 0 Å². The molecule has 0 fully saturated rings. The van der Waals surface area contributed by atoms with Gasteiger partial charge in [-0.15, -0.1) is 0 Å². The number of alkyl halides is 3. The van der Waals surface area contributed by atoms with Crippen LogP contribution in [0.1, 0.15) is 17.3 Å². The van der Waals surface area contributed by atoms with E-state index in [1.54, 1.807) is 29.3 Å². The molecule has 0 unspecified atom stereocenters. The van der Waals surface area contributed by atoms with Crippen molar-refractivity contribution in [3.8, 4) is 22.4 Å². The Labute approximate surface area is 185 Å². The molecule has 0 aliphatic carbocycles. The van der Waals surface area contributed by atoms with Gasteiger partial charge in [0.15, 0.2) is 0 Å². The number of nitrogens with one attached hydrogen (secondary N) is 2. The quantitative estimate of drug-likeness (QED) is 0.431. The summed E-state index contributed by atoms with van der Waals surface area (Å²) in [5.74, 6) is -0.839. The number of hydrogen-bond acceptors (Lipinski definition) is 4. The van der Waals surface area contributed by atoms with E-state index >= 15 is 0 Å². The second-order valence-corrected chi connectivity index (χ2v) is 7.74. The minimum atomic E-state index is -4.53. The van der Waals surface area contributed by atoms with Gasteiger partial charge in [0.05, 0.1) is 29.2 Å². The maximum Gasteiger partial charge on any atom is 0.408 e. The van der Waals surface area contributed by atoms with Gasteiger partial charge in [0.1, 0.15) is 11.7 Å². The van der Waals surface area contributed by atoms with Crippen LogP contribution in [-0.4, -0.2) is 47.5 Å². The Balaban J connectivity index is 1.51. The van der Waals surface area contributed by atoms with Gasteiger partial charge >= 0.3 is 6.18 Å². The number of rotatable bonds is 4. The molecule has 0 bridgehead atoms. The summed E-state index contributed by atoms with van der Waals surface area (Å²) < 4.78 is 41.7. The molecule has 0 spiro atoms. The van der Waals surface area contributed by atoms with Gasteiger partial charge in [-0.05, 0) is 36.8 Å². The second-order valence-electron chi connectivity index (χ2n) is 7.74. The van der Waals surface area contributed by atoms with E-state index in [0.717, 1.165) is 34.7 Å². The lowest BCUT2D eigenvalue weighted by Crippen LogP contribution is -2.43. The summed E-state index contributed by atoms with van der Waals surface area (Å²) >= 11 is 0. The summed E-state index contributed by atoms with van der Waals surface area (Å²) in [4.78, 5) is 20.3. The summed E-state index contributed by atoms with van der Waals surface area (Å²) in [6.07, 6.45) is 3.79. The van der Waals surface area contributed by atoms with Crippen LogP contribution in [0.4, 0.5) is 13.2 Å². The summed E-state index contributed by atoms with van der Waals surface area (Å²) in [5.41, 5.74) is 4.40. The van der Waals surface area contributed by atoms with Gasteiger partial charge in [-0.2, -0.15) is 23.4 Å². The molecule has 0 saturated heterocycles. The Kier molecular flexibility index (Phi) is 4.69. The van der Waals surface area contributed by atoms with Crippen LogP contribution in [0.15, 0.2) is 55.2 Å². The van der Waals surface area contributed by atoms with E-state index < -0.39 is 18.1 Å². The second kappa shape index (κ2) is 7.47. The topological polar surface area (TPSA) is 92.9 Å². The number of H-pyrrole nitrogens is 1. The normalized spacial score (nSPS) is 13.0. The number of aryl methyl sites for hydroxylation is 1. The van der Waals surface area contributed by atoms with Gasteiger partial charge in [-0.3, -0.25) is 9.48 Å². The fraction of sp³-hybridized carbons (Fsp3) is 0.182. The maximum atomic E-state index is 12.9. The third-order valence-corrected chi connectivity index (χ3v) is 5.46. The highest BCUT2D eigenvalue weighted by molar-refractivity contribution is 6.02. The van der Waals surface area contributed by atoms with Crippen molar-refractivity contribution >= 4 is 22.5 Å². The lowest BCUT2D eigenvalue weighted by molar-refractivity contribution is -0.149. The van der Waals surface area contributed by atoms with E-state index in [-0.39, 0.29) is 5.56 Å². The fourth-order valence-electron chi connectivity index (χ4n) is 3.64. The number of fused-ring (bicyclic) bond motifs is 2. The maximum absolute atomic E-state index is 12.9. The SMILES string of the molecule is C[C@@H](NC(=O)c1cnn2ccc(-c3c[nH]c4nc(-c5cnn(C)c5)ccc34)cc12)C(F)(F)F. The number of halogens is 3. The van der Waals surface area contributed by atoms with Crippen molar-refractivity contribution in [3.05, 3.63) is 60.8 Å². The molecule has 1 atom stereocenters. The Bertz CT molecular complexity index is 1500. The molecule has 0 radical (unpaired) electrons. The molecule has 5 heterocycles. The first-order chi connectivity index (χ1) is 15.7. The molecule has 1 amide bonds. The lowest BCUT2D eigenvalue weighted by Gasteiger charge is -2.16. The average Bonchev–Trinajstić information content (AvgIpc) is 3.49. The minimum absolute atomic E-state index is 0.0600. The van der Waals surface area contributed by atoms with E-state index in [1.807, 2.05) is 36.8 Å². The van der Waals surface area contributed by atoms with Crippen molar-refractivity contribution in [2.24, 2.45) is 7.05 Å². The van der Waals surface area contributed by atoms with Gasteiger partial charge in [0, 0.05) is 42.2 Å². The molecule has 0 aliphatic rings. The van der Waals surface area contributed by atoms with Crippen molar-refractivity contribution in [2.75, 3.05) is 0 Å². The predicted molar refractivity (Wildman–Crippen MR) is 115 cm³/mol. The molecular weight excluding hydrogens is 435 g/mol. The smallest absolute Gasteiger partial charge is 0.345 e. The molecule has 2 N–H and O–H groups in total. The highest BCUT2D eigenvalue weighted by Crippen LogP contribution is 2.31. The molecule has 5 aromatic heterocycles. The highest BCUT2D eigenvalue weighted by atomic mass is 19.4. The monoisotopic (exact) mass is 453 g/mol. The number of amides is 1. The zero-order valence-corrected chi connectivity index (χ0v) is 17.6. The summed E-state index contributed by atoms with van der Waals surface area (Å²) in [6.45, 7) is 0.897. The minimum Gasteiger partial charge on any atom is -0.345 e. The van der Waals surface area contributed by atoms with Gasteiger partial charge in [0.2, 0.25) is 0 Å². The largest absolute Gasteiger partial charge is 0.408 e. The molecule has 33 heavy (non-hydrogen) atoms. The molecule has 0 aliphatic heterocycles. The number of pyridine rings is 2. The van der Waals surface area contributed by atoms with Gasteiger partial charge in [-0.1, -0.05) is 0 Å². The standard InChI is InChI=1S/C22H18F3N7O/c1-12(22(23,24)25)29-21(33)17-10-28-32-6-5-13(7-19(17)32)16-9-26-20-15(16)3-4-18(30-20)14-8-27-31(2)11-14/h3-12H,1-2H3,(H,26,30)(H,29,33)/t12-/m1/s1. The van der Waals surface area contributed by atoms with Crippen LogP contribution in [0.5, 0.6) is 0 Å². The van der Waals surface area contributed by atoms with Crippen LogP contribution >= 0.6 is 0 Å². The average molecular weight is 453 g/mol. The summed E-state index contributed by atoms with van der Waals surface area (Å²) in [6, 6.07) is 5.40. The first kappa shape index (κ1) is 20.7. The zero-order valence-electron chi connectivity index (χ0n) is 17.6. The molecule has 168 valence electrons. The Morgan fingerprint density at radius 3 is 2.70 bits per heavy atom. The zero-order chi connectivity index (χ0) is 23.3. The van der Waals surface area contributed by atoms with E-state index in [9.17, 15) is 18.0 Å². The fourth-order valence-corrected chi connectivity index (χ4v) is 3.64. The molecule has 0 saturated carbocycles. The highest BCUT2D eigenvalue weighted by Gasteiger charge is 2.37. The number of nitrogens with zero attached hydrogens (tertiary/aromatic N) is 5. The van der Waals surface area contributed by atoms with E-state index in [1.165, 1.54) is 10.7 Å². The van der Waals surface area contributed by atoms with E-state index in [2.05, 4.69) is 20.2 Å². The van der Waals surface area contributed by atoms with Gasteiger partial charge in [0.25, 0.3) is 5.91 Å². The molecular formula is C22H18F3N7O. The Morgan fingerprint density at radius 2 is 1.97 bits per heavy atom. The Hall–Kier alpha value is -4.15. The van der Waals surface area contributed by atoms with Gasteiger partial charge in [-0.25, -0.2) is 9.50 Å². The van der Waals surface area contributed by atoms with Crippen LogP contribution in [0, 0.1) is 0 Å². The lowest BCUT2D eigenvalue weighted by atomic mass is 10.1. The molecule has 0 aromatic carbocycles. The first-order valence-corrected chi connectivity index (χ1v) is 10.0. The molecule has 5 aromatic rings. The number of carbonyl (C=O) groups is 1. The van der Waals surface area contributed by atoms with Crippen LogP contribution in [0.25, 0.3) is 38.9 Å². The first-order valence-electron chi connectivity index (χ1n) is 10.0. The third kappa shape index (κ3) is 3.71. The van der Waals surface area contributed by atoms with E-state index in [0.29, 0.717) is 11.2 Å². The summed E-state index contributed by atoms with van der Waals surface area (Å²) in [5, 5.41) is 11.1.